The molecular formula is C24H32N6O5. The lowest BCUT2D eigenvalue weighted by atomic mass is 10.1. The van der Waals surface area contributed by atoms with E-state index in [9.17, 15) is 9.59 Å². The summed E-state index contributed by atoms with van der Waals surface area (Å²) in [5.74, 6) is 0.878. The SMILES string of the molecule is COC(C)[C@H]1COC(=O)N1c1ccnc(NC(C)c2ccc(CN3CCN(C(=O)O)CC3)cc2)n1. The molecule has 2 aliphatic rings. The topological polar surface area (TPSA) is 120 Å². The summed E-state index contributed by atoms with van der Waals surface area (Å²) < 4.78 is 10.6. The van der Waals surface area contributed by atoms with Crippen molar-refractivity contribution < 1.29 is 24.2 Å². The van der Waals surface area contributed by atoms with Gasteiger partial charge in [-0.05, 0) is 31.0 Å². The van der Waals surface area contributed by atoms with Gasteiger partial charge >= 0.3 is 12.2 Å². The first-order chi connectivity index (χ1) is 16.9. The first kappa shape index (κ1) is 24.7. The first-order valence-corrected chi connectivity index (χ1v) is 11.7. The van der Waals surface area contributed by atoms with Crippen LogP contribution >= 0.6 is 0 Å². The van der Waals surface area contributed by atoms with Crippen LogP contribution in [0.3, 0.4) is 0 Å². The van der Waals surface area contributed by atoms with E-state index >= 15 is 0 Å². The van der Waals surface area contributed by atoms with Gasteiger partial charge in [-0.3, -0.25) is 9.80 Å². The number of amides is 2. The largest absolute Gasteiger partial charge is 0.465 e. The average Bonchev–Trinajstić information content (AvgIpc) is 3.25. The van der Waals surface area contributed by atoms with Gasteiger partial charge in [0.15, 0.2) is 0 Å². The molecule has 0 radical (unpaired) electrons. The summed E-state index contributed by atoms with van der Waals surface area (Å²) in [6.45, 7) is 7.48. The number of cyclic esters (lactones) is 1. The molecule has 11 nitrogen and oxygen atoms in total. The fourth-order valence-corrected chi connectivity index (χ4v) is 4.30. The lowest BCUT2D eigenvalue weighted by Crippen LogP contribution is -2.47. The number of rotatable bonds is 8. The number of carbonyl (C=O) groups is 2. The van der Waals surface area contributed by atoms with E-state index in [2.05, 4.69) is 44.5 Å². The number of carboxylic acid groups (broad SMARTS) is 1. The third-order valence-electron chi connectivity index (χ3n) is 6.58. The number of anilines is 2. The number of carbonyl (C=O) groups excluding carboxylic acids is 1. The lowest BCUT2D eigenvalue weighted by Gasteiger charge is -2.33. The molecule has 2 saturated heterocycles. The van der Waals surface area contributed by atoms with Gasteiger partial charge in [-0.15, -0.1) is 0 Å². The van der Waals surface area contributed by atoms with Crippen LogP contribution < -0.4 is 10.2 Å². The molecule has 2 unspecified atom stereocenters. The van der Waals surface area contributed by atoms with Gasteiger partial charge in [-0.2, -0.15) is 4.98 Å². The number of hydrogen-bond acceptors (Lipinski definition) is 8. The van der Waals surface area contributed by atoms with Gasteiger partial charge in [0.1, 0.15) is 18.5 Å². The molecule has 0 spiro atoms. The number of benzene rings is 1. The van der Waals surface area contributed by atoms with Crippen LogP contribution in [-0.4, -0.2) is 89.1 Å². The van der Waals surface area contributed by atoms with E-state index in [-0.39, 0.29) is 24.8 Å². The predicted octanol–water partition coefficient (Wildman–Crippen LogP) is 2.81. The Morgan fingerprint density at radius 3 is 2.57 bits per heavy atom. The van der Waals surface area contributed by atoms with Gasteiger partial charge < -0.3 is 24.8 Å². The maximum atomic E-state index is 12.3. The Balaban J connectivity index is 1.36. The van der Waals surface area contributed by atoms with Crippen LogP contribution in [0.15, 0.2) is 36.5 Å². The van der Waals surface area contributed by atoms with E-state index in [1.54, 1.807) is 19.4 Å². The van der Waals surface area contributed by atoms with Crippen molar-refractivity contribution in [3.05, 3.63) is 47.7 Å². The van der Waals surface area contributed by atoms with Crippen molar-refractivity contribution in [1.82, 2.24) is 19.8 Å². The van der Waals surface area contributed by atoms with Crippen molar-refractivity contribution in [2.75, 3.05) is 50.1 Å². The van der Waals surface area contributed by atoms with E-state index in [4.69, 9.17) is 14.6 Å². The number of piperazine rings is 1. The highest BCUT2D eigenvalue weighted by molar-refractivity contribution is 5.89. The fraction of sp³-hybridized carbons (Fsp3) is 0.500. The van der Waals surface area contributed by atoms with E-state index < -0.39 is 12.2 Å². The van der Waals surface area contributed by atoms with Crippen LogP contribution in [-0.2, 0) is 16.0 Å². The summed E-state index contributed by atoms with van der Waals surface area (Å²) in [6, 6.07) is 9.68. The molecule has 2 N–H and O–H groups in total. The fourth-order valence-electron chi connectivity index (χ4n) is 4.30. The molecule has 0 saturated carbocycles. The molecular weight excluding hydrogens is 452 g/mol. The van der Waals surface area contributed by atoms with Crippen molar-refractivity contribution in [2.45, 2.75) is 38.6 Å². The summed E-state index contributed by atoms with van der Waals surface area (Å²) in [4.78, 5) is 37.5. The number of aromatic nitrogens is 2. The van der Waals surface area contributed by atoms with Gasteiger partial charge in [0.05, 0.1) is 12.1 Å². The molecule has 2 aromatic rings. The number of nitrogens with zero attached hydrogens (tertiary/aromatic N) is 5. The zero-order valence-electron chi connectivity index (χ0n) is 20.3. The van der Waals surface area contributed by atoms with Gasteiger partial charge in [0.2, 0.25) is 5.95 Å². The standard InChI is InChI=1S/C24H32N6O5/c1-16(19-6-4-18(5-7-19)14-28-10-12-29(13-11-28)23(31)32)26-22-25-9-8-21(27-22)30-20(17(2)34-3)15-35-24(30)33/h4-9,16-17,20H,10-15H2,1-3H3,(H,31,32)(H,25,26,27)/t16?,17?,20-/m1/s1. The highest BCUT2D eigenvalue weighted by atomic mass is 16.6. The molecule has 1 aromatic heterocycles. The Morgan fingerprint density at radius 2 is 1.91 bits per heavy atom. The van der Waals surface area contributed by atoms with Crippen LogP contribution in [0.25, 0.3) is 0 Å². The predicted molar refractivity (Wildman–Crippen MR) is 129 cm³/mol. The van der Waals surface area contributed by atoms with Gasteiger partial charge in [-0.25, -0.2) is 14.6 Å². The van der Waals surface area contributed by atoms with Crippen LogP contribution in [0, 0.1) is 0 Å². The van der Waals surface area contributed by atoms with E-state index in [1.165, 1.54) is 15.4 Å². The van der Waals surface area contributed by atoms with E-state index in [0.717, 1.165) is 25.2 Å². The molecule has 2 fully saturated rings. The van der Waals surface area contributed by atoms with Crippen molar-refractivity contribution in [3.63, 3.8) is 0 Å². The second-order valence-electron chi connectivity index (χ2n) is 8.85. The van der Waals surface area contributed by atoms with E-state index in [1.807, 2.05) is 13.8 Å². The molecule has 11 heteroatoms. The minimum atomic E-state index is -0.852. The summed E-state index contributed by atoms with van der Waals surface area (Å²) >= 11 is 0. The molecule has 3 heterocycles. The molecule has 3 atom stereocenters. The van der Waals surface area contributed by atoms with Crippen LogP contribution in [0.1, 0.15) is 31.0 Å². The smallest absolute Gasteiger partial charge is 0.416 e. The zero-order chi connectivity index (χ0) is 24.9. The molecule has 1 aromatic carbocycles. The third-order valence-corrected chi connectivity index (χ3v) is 6.58. The third kappa shape index (κ3) is 5.80. The maximum Gasteiger partial charge on any atom is 0.416 e. The average molecular weight is 485 g/mol. The monoisotopic (exact) mass is 484 g/mol. The minimum Gasteiger partial charge on any atom is -0.465 e. The highest BCUT2D eigenvalue weighted by Crippen LogP contribution is 2.26. The van der Waals surface area contributed by atoms with Crippen LogP contribution in [0.5, 0.6) is 0 Å². The lowest BCUT2D eigenvalue weighted by molar-refractivity contribution is 0.0881. The molecule has 188 valence electrons. The Morgan fingerprint density at radius 1 is 1.20 bits per heavy atom. The maximum absolute atomic E-state index is 12.3. The molecule has 2 amide bonds. The van der Waals surface area contributed by atoms with Crippen molar-refractivity contribution in [3.8, 4) is 0 Å². The first-order valence-electron chi connectivity index (χ1n) is 11.7. The molecule has 0 bridgehead atoms. The van der Waals surface area contributed by atoms with Crippen LogP contribution in [0.2, 0.25) is 0 Å². The Bertz CT molecular complexity index is 1030. The summed E-state index contributed by atoms with van der Waals surface area (Å²) in [5.41, 5.74) is 2.25. The quantitative estimate of drug-likeness (QED) is 0.583. The number of ether oxygens (including phenoxy) is 2. The Hall–Kier alpha value is -3.44. The molecule has 35 heavy (non-hydrogen) atoms. The number of hydrogen-bond donors (Lipinski definition) is 2. The van der Waals surface area contributed by atoms with E-state index in [0.29, 0.717) is 24.9 Å². The van der Waals surface area contributed by atoms with Gasteiger partial charge in [0, 0.05) is 46.0 Å². The van der Waals surface area contributed by atoms with Gasteiger partial charge in [0.25, 0.3) is 0 Å². The van der Waals surface area contributed by atoms with Gasteiger partial charge in [-0.1, -0.05) is 24.3 Å². The van der Waals surface area contributed by atoms with Crippen molar-refractivity contribution in [1.29, 1.82) is 0 Å². The molecule has 0 aliphatic carbocycles. The zero-order valence-corrected chi connectivity index (χ0v) is 20.3. The summed E-state index contributed by atoms with van der Waals surface area (Å²) in [7, 11) is 1.60. The Kier molecular flexibility index (Phi) is 7.67. The second-order valence-corrected chi connectivity index (χ2v) is 8.85. The van der Waals surface area contributed by atoms with Crippen molar-refractivity contribution >= 4 is 24.0 Å². The highest BCUT2D eigenvalue weighted by Gasteiger charge is 2.39. The second kappa shape index (κ2) is 10.9. The minimum absolute atomic E-state index is 0.0577. The van der Waals surface area contributed by atoms with Crippen LogP contribution in [0.4, 0.5) is 21.4 Å². The summed E-state index contributed by atoms with van der Waals surface area (Å²) in [6.07, 6.45) is 0.114. The normalized spacial score (nSPS) is 20.4. The number of nitrogens with one attached hydrogen (secondary N) is 1. The molecule has 2 aliphatic heterocycles. The summed E-state index contributed by atoms with van der Waals surface area (Å²) in [5, 5.41) is 12.4. The molecule has 4 rings (SSSR count). The van der Waals surface area contributed by atoms with Crippen molar-refractivity contribution in [2.24, 2.45) is 0 Å². The Labute approximate surface area is 204 Å². The number of methoxy groups -OCH3 is 1.